The van der Waals surface area contributed by atoms with E-state index in [1.807, 2.05) is 0 Å². The van der Waals surface area contributed by atoms with Gasteiger partial charge in [0, 0.05) is 51.4 Å². The van der Waals surface area contributed by atoms with Gasteiger partial charge in [-0.15, -0.1) is 0 Å². The van der Waals surface area contributed by atoms with E-state index in [0.29, 0.717) is 0 Å². The van der Waals surface area contributed by atoms with Crippen LogP contribution >= 0.6 is 0 Å². The van der Waals surface area contributed by atoms with Gasteiger partial charge in [0.25, 0.3) is 0 Å². The summed E-state index contributed by atoms with van der Waals surface area (Å²) in [6, 6.07) is 0. The van der Waals surface area contributed by atoms with Crippen molar-refractivity contribution in [2.75, 3.05) is 0 Å². The van der Waals surface area contributed by atoms with Crippen LogP contribution in [0.1, 0.15) is 0 Å². The van der Waals surface area contributed by atoms with Crippen molar-refractivity contribution in [1.29, 1.82) is 0 Å². The SMILES string of the molecule is O=C(O)/N=N/C(=O)O.[K]. The molecule has 0 aromatic carbocycles. The molecule has 0 fully saturated rings. The summed E-state index contributed by atoms with van der Waals surface area (Å²) >= 11 is 0. The maximum atomic E-state index is 9.38. The first-order chi connectivity index (χ1) is 3.63. The van der Waals surface area contributed by atoms with E-state index in [1.54, 1.807) is 0 Å². The van der Waals surface area contributed by atoms with E-state index >= 15 is 0 Å². The summed E-state index contributed by atoms with van der Waals surface area (Å²) in [6.45, 7) is 0. The van der Waals surface area contributed by atoms with Gasteiger partial charge in [-0.3, -0.25) is 0 Å². The Morgan fingerprint density at radius 1 is 1.00 bits per heavy atom. The molecule has 0 bridgehead atoms. The maximum Gasteiger partial charge on any atom is 0.450 e. The third-order valence-corrected chi connectivity index (χ3v) is 0.221. The Morgan fingerprint density at radius 3 is 1.33 bits per heavy atom. The zero-order valence-electron chi connectivity index (χ0n) is 4.61. The average Bonchev–Trinajstić information content (AvgIpc) is 1.61. The zero-order chi connectivity index (χ0) is 6.57. The second-order valence-electron chi connectivity index (χ2n) is 0.765. The van der Waals surface area contributed by atoms with Crippen molar-refractivity contribution in [2.45, 2.75) is 0 Å². The average molecular weight is 157 g/mol. The van der Waals surface area contributed by atoms with Crippen molar-refractivity contribution >= 4 is 63.6 Å². The van der Waals surface area contributed by atoms with Crippen molar-refractivity contribution in [3.05, 3.63) is 0 Å². The summed E-state index contributed by atoms with van der Waals surface area (Å²) in [4.78, 5) is 18.8. The number of hydrogen-bond donors (Lipinski definition) is 2. The quantitative estimate of drug-likeness (QED) is 0.393. The van der Waals surface area contributed by atoms with Crippen LogP contribution < -0.4 is 0 Å². The van der Waals surface area contributed by atoms with Gasteiger partial charge in [0.1, 0.15) is 0 Å². The molecule has 0 atom stereocenters. The number of amides is 2. The third-order valence-electron chi connectivity index (χ3n) is 0.221. The van der Waals surface area contributed by atoms with Crippen LogP contribution in [0.25, 0.3) is 0 Å². The third kappa shape index (κ3) is 11.6. The predicted molar refractivity (Wildman–Crippen MR) is 26.7 cm³/mol. The van der Waals surface area contributed by atoms with Crippen molar-refractivity contribution in [2.24, 2.45) is 10.2 Å². The van der Waals surface area contributed by atoms with Crippen molar-refractivity contribution in [3.63, 3.8) is 0 Å². The molecule has 0 saturated carbocycles. The molecule has 0 aromatic rings. The van der Waals surface area contributed by atoms with E-state index in [1.165, 1.54) is 0 Å². The molecule has 0 aliphatic rings. The van der Waals surface area contributed by atoms with Crippen molar-refractivity contribution in [3.8, 4) is 0 Å². The van der Waals surface area contributed by atoms with Crippen molar-refractivity contribution in [1.82, 2.24) is 0 Å². The van der Waals surface area contributed by atoms with Gasteiger partial charge in [0.2, 0.25) is 0 Å². The van der Waals surface area contributed by atoms with Crippen LogP contribution in [-0.4, -0.2) is 73.8 Å². The molecule has 0 saturated heterocycles. The first-order valence-corrected chi connectivity index (χ1v) is 1.50. The molecule has 9 heavy (non-hydrogen) atoms. The van der Waals surface area contributed by atoms with Crippen LogP contribution in [0.4, 0.5) is 9.59 Å². The molecule has 0 unspecified atom stereocenters. The van der Waals surface area contributed by atoms with E-state index in [4.69, 9.17) is 10.2 Å². The molecule has 0 aliphatic carbocycles. The molecule has 6 nitrogen and oxygen atoms in total. The molecule has 2 N–H and O–H groups in total. The van der Waals surface area contributed by atoms with Crippen LogP contribution in [0.5, 0.6) is 0 Å². The molecular formula is C2H2KN2O4. The number of rotatable bonds is 0. The zero-order valence-corrected chi connectivity index (χ0v) is 7.73. The Bertz CT molecular complexity index is 128. The predicted octanol–water partition coefficient (Wildman–Crippen LogP) is 0.414. The topological polar surface area (TPSA) is 99.3 Å². The smallest absolute Gasteiger partial charge is 0.450 e. The first-order valence-electron chi connectivity index (χ1n) is 1.50. The van der Waals surface area contributed by atoms with E-state index in [2.05, 4.69) is 10.2 Å². The molecule has 0 spiro atoms. The standard InChI is InChI=1S/C2H2N2O4.K/c5-1(6)3-4-2(7)8;/h(H,5,6)(H,7,8);/b4-3+;. The minimum absolute atomic E-state index is 0. The molecule has 0 rings (SSSR count). The van der Waals surface area contributed by atoms with Gasteiger partial charge in [-0.25, -0.2) is 9.59 Å². The Kier molecular flexibility index (Phi) is 8.34. The number of azo groups is 1. The summed E-state index contributed by atoms with van der Waals surface area (Å²) in [7, 11) is 0. The minimum atomic E-state index is -1.62. The van der Waals surface area contributed by atoms with Gasteiger partial charge >= 0.3 is 12.2 Å². The Balaban J connectivity index is 0. The molecule has 0 aromatic heterocycles. The molecule has 7 heteroatoms. The van der Waals surface area contributed by atoms with Gasteiger partial charge in [-0.1, -0.05) is 10.2 Å². The second kappa shape index (κ2) is 6.30. The number of hydrogen-bond acceptors (Lipinski definition) is 2. The van der Waals surface area contributed by atoms with Crippen LogP contribution in [-0.2, 0) is 0 Å². The molecule has 2 amide bonds. The summed E-state index contributed by atoms with van der Waals surface area (Å²) in [5.41, 5.74) is 0. The summed E-state index contributed by atoms with van der Waals surface area (Å²) in [5, 5.41) is 19.8. The van der Waals surface area contributed by atoms with Crippen molar-refractivity contribution < 1.29 is 19.8 Å². The first kappa shape index (κ1) is 11.9. The van der Waals surface area contributed by atoms with E-state index in [9.17, 15) is 9.59 Å². The molecule has 45 valence electrons. The van der Waals surface area contributed by atoms with Gasteiger partial charge in [0.05, 0.1) is 0 Å². The van der Waals surface area contributed by atoms with Crippen LogP contribution in [0, 0.1) is 0 Å². The Morgan fingerprint density at radius 2 is 1.22 bits per heavy atom. The monoisotopic (exact) mass is 157 g/mol. The van der Waals surface area contributed by atoms with E-state index in [-0.39, 0.29) is 51.4 Å². The number of nitrogens with zero attached hydrogens (tertiary/aromatic N) is 2. The maximum absolute atomic E-state index is 9.38. The fraction of sp³-hybridized carbons (Fsp3) is 0. The van der Waals surface area contributed by atoms with Gasteiger partial charge in [-0.05, 0) is 0 Å². The molecule has 0 aliphatic heterocycles. The van der Waals surface area contributed by atoms with Gasteiger partial charge in [0.15, 0.2) is 0 Å². The summed E-state index contributed by atoms with van der Waals surface area (Å²) in [6.07, 6.45) is -3.24. The van der Waals surface area contributed by atoms with E-state index < -0.39 is 12.2 Å². The molecule has 1 radical (unpaired) electrons. The van der Waals surface area contributed by atoms with Crippen LogP contribution in [0.2, 0.25) is 0 Å². The number of carbonyl (C=O) groups is 2. The van der Waals surface area contributed by atoms with Crippen LogP contribution in [0.15, 0.2) is 10.2 Å². The molecular weight excluding hydrogens is 155 g/mol. The minimum Gasteiger partial charge on any atom is -0.462 e. The summed E-state index contributed by atoms with van der Waals surface area (Å²) < 4.78 is 0. The normalized spacial score (nSPS) is 8.44. The Hall–Kier alpha value is 0.176. The molecule has 0 heterocycles. The fourth-order valence-electron chi connectivity index (χ4n) is 0.0855. The number of carboxylic acid groups (broad SMARTS) is 2. The summed E-state index contributed by atoms with van der Waals surface area (Å²) in [5.74, 6) is 0. The van der Waals surface area contributed by atoms with E-state index in [0.717, 1.165) is 0 Å². The van der Waals surface area contributed by atoms with Gasteiger partial charge in [-0.2, -0.15) is 0 Å². The van der Waals surface area contributed by atoms with Crippen LogP contribution in [0.3, 0.4) is 0 Å². The van der Waals surface area contributed by atoms with Gasteiger partial charge < -0.3 is 10.2 Å². The second-order valence-corrected chi connectivity index (χ2v) is 0.765. The largest absolute Gasteiger partial charge is 0.462 e. The fourth-order valence-corrected chi connectivity index (χ4v) is 0.0855. The Labute approximate surface area is 92.4 Å².